The molecule has 0 N–H and O–H groups in total. The van der Waals surface area contributed by atoms with Crippen LogP contribution in [0.5, 0.6) is 0 Å². The van der Waals surface area contributed by atoms with Gasteiger partial charge in [0.1, 0.15) is 6.10 Å². The molecular weight excluding hydrogens is 236 g/mol. The molecule has 2 nitrogen and oxygen atoms in total. The maximum absolute atomic E-state index is 5.53. The molecule has 19 heavy (non-hydrogen) atoms. The third-order valence-corrected chi connectivity index (χ3v) is 3.94. The number of hydrogen-bond donors (Lipinski definition) is 0. The predicted molar refractivity (Wildman–Crippen MR) is 81.4 cm³/mol. The minimum atomic E-state index is 0.118. The van der Waals surface area contributed by atoms with Crippen LogP contribution in [0, 0.1) is 0 Å². The molecule has 0 aliphatic carbocycles. The molecule has 2 heteroatoms. The summed E-state index contributed by atoms with van der Waals surface area (Å²) in [6.45, 7) is 5.22. The van der Waals surface area contributed by atoms with E-state index in [9.17, 15) is 0 Å². The fourth-order valence-corrected chi connectivity index (χ4v) is 2.48. The summed E-state index contributed by atoms with van der Waals surface area (Å²) in [4.78, 5) is 0. The van der Waals surface area contributed by atoms with Crippen LogP contribution in [-0.4, -0.2) is 19.0 Å². The summed E-state index contributed by atoms with van der Waals surface area (Å²) in [7, 11) is 0. The molecule has 1 aliphatic rings. The van der Waals surface area contributed by atoms with Crippen LogP contribution in [0.4, 0.5) is 0 Å². The Morgan fingerprint density at radius 1 is 0.737 bits per heavy atom. The van der Waals surface area contributed by atoms with E-state index in [0.29, 0.717) is 6.10 Å². The molecule has 0 radical (unpaired) electrons. The van der Waals surface area contributed by atoms with E-state index in [2.05, 4.69) is 13.8 Å². The highest BCUT2D eigenvalue weighted by Gasteiger charge is 2.34. The number of unbranched alkanes of at least 4 members (excludes halogenated alkanes) is 11. The zero-order valence-corrected chi connectivity index (χ0v) is 13.2. The maximum Gasteiger partial charge on any atom is 0.184 e. The van der Waals surface area contributed by atoms with Gasteiger partial charge in [-0.25, -0.2) is 0 Å². The minimum Gasteiger partial charge on any atom is -0.350 e. The largest absolute Gasteiger partial charge is 0.350 e. The number of hydrogen-bond acceptors (Lipinski definition) is 2. The summed E-state index contributed by atoms with van der Waals surface area (Å²) in [6.07, 6.45) is 17.2. The Balaban J connectivity index is 1.63. The first-order valence-corrected chi connectivity index (χ1v) is 8.61. The smallest absolute Gasteiger partial charge is 0.184 e. The molecule has 1 rings (SSSR count). The second-order valence-electron chi connectivity index (χ2n) is 5.97. The summed E-state index contributed by atoms with van der Waals surface area (Å²) in [5, 5.41) is 0. The van der Waals surface area contributed by atoms with Gasteiger partial charge in [-0.2, -0.15) is 0 Å². The highest BCUT2D eigenvalue weighted by Crippen LogP contribution is 2.22. The van der Waals surface area contributed by atoms with E-state index in [1.807, 2.05) is 0 Å². The van der Waals surface area contributed by atoms with Crippen molar-refractivity contribution in [3.63, 3.8) is 0 Å². The predicted octanol–water partition coefficient (Wildman–Crippen LogP) is 5.45. The first-order chi connectivity index (χ1) is 9.34. The second-order valence-corrected chi connectivity index (χ2v) is 5.97. The lowest BCUT2D eigenvalue weighted by Crippen LogP contribution is -1.99. The normalized spacial score (nSPS) is 21.8. The van der Waals surface area contributed by atoms with Crippen molar-refractivity contribution in [2.75, 3.05) is 6.61 Å². The summed E-state index contributed by atoms with van der Waals surface area (Å²) >= 11 is 0. The highest BCUT2D eigenvalue weighted by atomic mass is 16.8. The van der Waals surface area contributed by atoms with Crippen LogP contribution >= 0.6 is 0 Å². The zero-order valence-electron chi connectivity index (χ0n) is 13.2. The van der Waals surface area contributed by atoms with Crippen LogP contribution < -0.4 is 0 Å². The molecule has 1 fully saturated rings. The molecular formula is C17H34O2. The molecule has 1 saturated heterocycles. The summed E-state index contributed by atoms with van der Waals surface area (Å²) in [5.41, 5.74) is 0. The van der Waals surface area contributed by atoms with Crippen LogP contribution in [0.2, 0.25) is 0 Å². The molecule has 0 spiro atoms. The van der Waals surface area contributed by atoms with Gasteiger partial charge in [0.05, 0.1) is 0 Å². The molecule has 0 aromatic carbocycles. The second kappa shape index (κ2) is 11.7. The molecule has 2 unspecified atom stereocenters. The average Bonchev–Trinajstić information content (AvgIpc) is 3.11. The first-order valence-electron chi connectivity index (χ1n) is 8.61. The van der Waals surface area contributed by atoms with E-state index in [0.717, 1.165) is 6.61 Å². The number of epoxide rings is 1. The standard InChI is InChI=1S/C17H34O2/c1-3-4-5-6-7-8-9-10-11-12-13-14-15-18-17-16(2)19-17/h16-17H,3-15H2,1-2H3. The Morgan fingerprint density at radius 2 is 1.16 bits per heavy atom. The molecule has 0 amide bonds. The van der Waals surface area contributed by atoms with Crippen molar-refractivity contribution in [2.24, 2.45) is 0 Å². The van der Waals surface area contributed by atoms with Crippen LogP contribution in [0.3, 0.4) is 0 Å². The third kappa shape index (κ3) is 10.4. The quantitative estimate of drug-likeness (QED) is 0.309. The van der Waals surface area contributed by atoms with Crippen LogP contribution in [0.1, 0.15) is 90.9 Å². The molecule has 2 atom stereocenters. The SMILES string of the molecule is CCCCCCCCCCCCCCOC1OC1C. The van der Waals surface area contributed by atoms with E-state index in [4.69, 9.17) is 9.47 Å². The van der Waals surface area contributed by atoms with Gasteiger partial charge in [-0.05, 0) is 13.3 Å². The lowest BCUT2D eigenvalue weighted by molar-refractivity contribution is 0.0478. The lowest BCUT2D eigenvalue weighted by atomic mass is 10.1. The van der Waals surface area contributed by atoms with E-state index in [-0.39, 0.29) is 6.29 Å². The van der Waals surface area contributed by atoms with Gasteiger partial charge in [0.25, 0.3) is 0 Å². The van der Waals surface area contributed by atoms with Crippen LogP contribution in [-0.2, 0) is 9.47 Å². The molecule has 1 aliphatic heterocycles. The fourth-order valence-electron chi connectivity index (χ4n) is 2.48. The van der Waals surface area contributed by atoms with E-state index in [1.54, 1.807) is 0 Å². The molecule has 0 bridgehead atoms. The molecule has 0 aromatic rings. The highest BCUT2D eigenvalue weighted by molar-refractivity contribution is 4.69. The monoisotopic (exact) mass is 270 g/mol. The van der Waals surface area contributed by atoms with Crippen LogP contribution in [0.25, 0.3) is 0 Å². The van der Waals surface area contributed by atoms with Gasteiger partial charge in [0.2, 0.25) is 0 Å². The van der Waals surface area contributed by atoms with Gasteiger partial charge in [-0.3, -0.25) is 0 Å². The number of ether oxygens (including phenoxy) is 2. The maximum atomic E-state index is 5.53. The minimum absolute atomic E-state index is 0.118. The van der Waals surface area contributed by atoms with Crippen molar-refractivity contribution in [2.45, 2.75) is 103 Å². The van der Waals surface area contributed by atoms with E-state index < -0.39 is 0 Å². The van der Waals surface area contributed by atoms with Crippen LogP contribution in [0.15, 0.2) is 0 Å². The van der Waals surface area contributed by atoms with E-state index >= 15 is 0 Å². The zero-order chi connectivity index (χ0) is 13.8. The van der Waals surface area contributed by atoms with Crippen molar-refractivity contribution in [1.29, 1.82) is 0 Å². The first kappa shape index (κ1) is 17.0. The average molecular weight is 270 g/mol. The molecule has 0 aromatic heterocycles. The topological polar surface area (TPSA) is 21.8 Å². The Kier molecular flexibility index (Phi) is 10.5. The summed E-state index contributed by atoms with van der Waals surface area (Å²) in [5.74, 6) is 0. The van der Waals surface area contributed by atoms with Gasteiger partial charge in [-0.15, -0.1) is 0 Å². The Morgan fingerprint density at radius 3 is 1.58 bits per heavy atom. The van der Waals surface area contributed by atoms with Crippen molar-refractivity contribution < 1.29 is 9.47 Å². The Hall–Kier alpha value is -0.0800. The third-order valence-electron chi connectivity index (χ3n) is 3.94. The molecule has 0 saturated carbocycles. The fraction of sp³-hybridized carbons (Fsp3) is 1.00. The van der Waals surface area contributed by atoms with Gasteiger partial charge in [0.15, 0.2) is 6.29 Å². The summed E-state index contributed by atoms with van der Waals surface area (Å²) < 4.78 is 10.7. The van der Waals surface area contributed by atoms with Crippen molar-refractivity contribution in [1.82, 2.24) is 0 Å². The van der Waals surface area contributed by atoms with Gasteiger partial charge in [0, 0.05) is 6.61 Å². The summed E-state index contributed by atoms with van der Waals surface area (Å²) in [6, 6.07) is 0. The lowest BCUT2D eigenvalue weighted by Gasteiger charge is -2.03. The van der Waals surface area contributed by atoms with Crippen molar-refractivity contribution in [3.8, 4) is 0 Å². The Bertz CT molecular complexity index is 194. The Labute approximate surface area is 120 Å². The van der Waals surface area contributed by atoms with Crippen molar-refractivity contribution in [3.05, 3.63) is 0 Å². The molecule has 1 heterocycles. The molecule has 114 valence electrons. The van der Waals surface area contributed by atoms with E-state index in [1.165, 1.54) is 77.0 Å². The number of rotatable bonds is 14. The van der Waals surface area contributed by atoms with Gasteiger partial charge in [-0.1, -0.05) is 77.6 Å². The van der Waals surface area contributed by atoms with Gasteiger partial charge >= 0.3 is 0 Å². The van der Waals surface area contributed by atoms with Gasteiger partial charge < -0.3 is 9.47 Å². The van der Waals surface area contributed by atoms with Crippen molar-refractivity contribution >= 4 is 0 Å².